The van der Waals surface area contributed by atoms with Crippen LogP contribution in [0.5, 0.6) is 0 Å². The first kappa shape index (κ1) is 19.3. The lowest BCUT2D eigenvalue weighted by Gasteiger charge is -2.22. The summed E-state index contributed by atoms with van der Waals surface area (Å²) < 4.78 is 23.7. The van der Waals surface area contributed by atoms with E-state index >= 15 is 0 Å². The number of carbonyl (C=O) groups excluding carboxylic acids is 2. The van der Waals surface area contributed by atoms with Crippen molar-refractivity contribution in [1.82, 2.24) is 4.98 Å². The Bertz CT molecular complexity index is 825. The summed E-state index contributed by atoms with van der Waals surface area (Å²) in [6, 6.07) is 6.22. The molecule has 1 aromatic carbocycles. The second-order valence-corrected chi connectivity index (χ2v) is 6.81. The molecular weight excluding hydrogens is 349 g/mol. The van der Waals surface area contributed by atoms with Crippen LogP contribution in [-0.4, -0.2) is 36.6 Å². The van der Waals surface area contributed by atoms with Gasteiger partial charge in [0, 0.05) is 24.3 Å². The molecule has 5 nitrogen and oxygen atoms in total. The average Bonchev–Trinajstić information content (AvgIpc) is 2.99. The van der Waals surface area contributed by atoms with E-state index in [0.717, 1.165) is 17.7 Å². The number of nitrogens with one attached hydrogen (secondary N) is 1. The fourth-order valence-corrected chi connectivity index (χ4v) is 3.52. The van der Waals surface area contributed by atoms with Crippen molar-refractivity contribution in [1.29, 1.82) is 0 Å². The van der Waals surface area contributed by atoms with Gasteiger partial charge in [0.15, 0.2) is 5.78 Å². The molecule has 0 radical (unpaired) electrons. The van der Waals surface area contributed by atoms with E-state index < -0.39 is 5.97 Å². The van der Waals surface area contributed by atoms with Crippen LogP contribution in [0.3, 0.4) is 0 Å². The highest BCUT2D eigenvalue weighted by atomic mass is 19.1. The number of hydrogen-bond donors (Lipinski definition) is 1. The van der Waals surface area contributed by atoms with Gasteiger partial charge in [-0.2, -0.15) is 0 Å². The highest BCUT2D eigenvalue weighted by Crippen LogP contribution is 2.35. The fourth-order valence-electron chi connectivity index (χ4n) is 3.52. The summed E-state index contributed by atoms with van der Waals surface area (Å²) in [5, 5.41) is 0. The molecule has 1 N–H and O–H groups in total. The second kappa shape index (κ2) is 8.48. The molecule has 1 aliphatic carbocycles. The number of fused-ring (bicyclic) bond motifs is 1. The van der Waals surface area contributed by atoms with Gasteiger partial charge in [-0.3, -0.25) is 4.79 Å². The quantitative estimate of drug-likeness (QED) is 0.589. The molecule has 0 amide bonds. The number of benzene rings is 1. The maximum atomic E-state index is 13.2. The second-order valence-electron chi connectivity index (χ2n) is 6.81. The predicted molar refractivity (Wildman–Crippen MR) is 98.7 cm³/mol. The Hall–Kier alpha value is -2.47. The molecule has 0 saturated heterocycles. The monoisotopic (exact) mass is 373 g/mol. The molecule has 0 aliphatic heterocycles. The van der Waals surface area contributed by atoms with Gasteiger partial charge < -0.3 is 14.5 Å². The Morgan fingerprint density at radius 2 is 1.93 bits per heavy atom. The number of halogens is 1. The molecule has 1 heterocycles. The minimum absolute atomic E-state index is 0.00958. The van der Waals surface area contributed by atoms with Crippen LogP contribution in [0, 0.1) is 12.7 Å². The lowest BCUT2D eigenvalue weighted by Crippen LogP contribution is -2.18. The van der Waals surface area contributed by atoms with Gasteiger partial charge in [0.25, 0.3) is 0 Å². The topological polar surface area (TPSA) is 68.4 Å². The van der Waals surface area contributed by atoms with Gasteiger partial charge in [0.05, 0.1) is 6.61 Å². The number of carbonyl (C=O) groups is 2. The zero-order valence-corrected chi connectivity index (χ0v) is 15.6. The van der Waals surface area contributed by atoms with Crippen molar-refractivity contribution < 1.29 is 23.5 Å². The number of Topliss-reactive ketones (excluding diaryl/α,β-unsaturated/α-hetero) is 1. The van der Waals surface area contributed by atoms with E-state index in [1.54, 1.807) is 19.1 Å². The van der Waals surface area contributed by atoms with Crippen LogP contribution in [0.25, 0.3) is 0 Å². The lowest BCUT2D eigenvalue weighted by molar-refractivity contribution is 0.0312. The standard InChI is InChI=1S/C21H24FNO4/c1-3-8-26-9-10-27-21(25)20-13(2)19-17(23-20)11-15(12-18(19)24)14-4-6-16(22)7-5-14/h4-7,15,23H,3,8-12H2,1-2H3/t15-/m0/s1. The number of ketones is 1. The molecule has 0 bridgehead atoms. The normalized spacial score (nSPS) is 16.3. The van der Waals surface area contributed by atoms with E-state index in [4.69, 9.17) is 9.47 Å². The van der Waals surface area contributed by atoms with Gasteiger partial charge >= 0.3 is 5.97 Å². The fraction of sp³-hybridized carbons (Fsp3) is 0.429. The Morgan fingerprint density at radius 1 is 1.19 bits per heavy atom. The Labute approximate surface area is 157 Å². The first-order valence-electron chi connectivity index (χ1n) is 9.26. The largest absolute Gasteiger partial charge is 0.459 e. The average molecular weight is 373 g/mol. The summed E-state index contributed by atoms with van der Waals surface area (Å²) in [5.41, 5.74) is 3.20. The molecule has 2 aromatic rings. The Kier molecular flexibility index (Phi) is 6.06. The van der Waals surface area contributed by atoms with Crippen LogP contribution < -0.4 is 0 Å². The SMILES string of the molecule is CCCOCCOC(=O)c1[nH]c2c(c1C)C(=O)C[C@@H](c1ccc(F)cc1)C2. The number of esters is 1. The maximum Gasteiger partial charge on any atom is 0.355 e. The van der Waals surface area contributed by atoms with Crippen LogP contribution in [0.1, 0.15) is 63.4 Å². The van der Waals surface area contributed by atoms with E-state index in [1.165, 1.54) is 12.1 Å². The van der Waals surface area contributed by atoms with Crippen LogP contribution in [-0.2, 0) is 15.9 Å². The number of aromatic amines is 1. The summed E-state index contributed by atoms with van der Waals surface area (Å²) in [5.74, 6) is -0.821. The van der Waals surface area contributed by atoms with E-state index in [2.05, 4.69) is 4.98 Å². The van der Waals surface area contributed by atoms with Crippen molar-refractivity contribution in [3.63, 3.8) is 0 Å². The van der Waals surface area contributed by atoms with Gasteiger partial charge in [0.1, 0.15) is 18.1 Å². The smallest absolute Gasteiger partial charge is 0.355 e. The van der Waals surface area contributed by atoms with Crippen LogP contribution in [0.15, 0.2) is 24.3 Å². The summed E-state index contributed by atoms with van der Waals surface area (Å²) in [7, 11) is 0. The lowest BCUT2D eigenvalue weighted by atomic mass is 9.81. The van der Waals surface area contributed by atoms with Crippen LogP contribution in [0.4, 0.5) is 4.39 Å². The third-order valence-electron chi connectivity index (χ3n) is 4.84. The third kappa shape index (κ3) is 4.27. The van der Waals surface area contributed by atoms with Gasteiger partial charge in [-0.25, -0.2) is 9.18 Å². The number of H-pyrrole nitrogens is 1. The van der Waals surface area contributed by atoms with Crippen molar-refractivity contribution in [2.24, 2.45) is 0 Å². The van der Waals surface area contributed by atoms with Crippen LogP contribution >= 0.6 is 0 Å². The molecule has 6 heteroatoms. The van der Waals surface area contributed by atoms with Crippen molar-refractivity contribution >= 4 is 11.8 Å². The molecule has 0 saturated carbocycles. The Morgan fingerprint density at radius 3 is 2.63 bits per heavy atom. The highest BCUT2D eigenvalue weighted by molar-refractivity contribution is 6.03. The highest BCUT2D eigenvalue weighted by Gasteiger charge is 2.32. The zero-order valence-electron chi connectivity index (χ0n) is 15.6. The number of rotatable bonds is 7. The number of ether oxygens (including phenoxy) is 2. The summed E-state index contributed by atoms with van der Waals surface area (Å²) in [6.45, 7) is 4.93. The predicted octanol–water partition coefficient (Wildman–Crippen LogP) is 3.96. The van der Waals surface area contributed by atoms with Gasteiger partial charge in [-0.15, -0.1) is 0 Å². The number of aromatic nitrogens is 1. The van der Waals surface area contributed by atoms with Crippen molar-refractivity contribution in [3.05, 3.63) is 58.2 Å². The van der Waals surface area contributed by atoms with Gasteiger partial charge in [0.2, 0.25) is 0 Å². The van der Waals surface area contributed by atoms with E-state index in [9.17, 15) is 14.0 Å². The summed E-state index contributed by atoms with van der Waals surface area (Å²) in [6.07, 6.45) is 1.85. The minimum Gasteiger partial charge on any atom is -0.459 e. The van der Waals surface area contributed by atoms with Gasteiger partial charge in [-0.05, 0) is 48.9 Å². The maximum absolute atomic E-state index is 13.2. The molecule has 0 spiro atoms. The molecule has 1 atom stereocenters. The molecule has 1 aromatic heterocycles. The molecular formula is C21H24FNO4. The molecule has 0 unspecified atom stereocenters. The van der Waals surface area contributed by atoms with E-state index in [1.807, 2.05) is 6.92 Å². The molecule has 0 fully saturated rings. The van der Waals surface area contributed by atoms with Crippen LogP contribution in [0.2, 0.25) is 0 Å². The van der Waals surface area contributed by atoms with Crippen molar-refractivity contribution in [2.75, 3.05) is 19.8 Å². The third-order valence-corrected chi connectivity index (χ3v) is 4.84. The molecule has 3 rings (SSSR count). The van der Waals surface area contributed by atoms with E-state index in [-0.39, 0.29) is 24.1 Å². The van der Waals surface area contributed by atoms with Gasteiger partial charge in [-0.1, -0.05) is 19.1 Å². The first-order chi connectivity index (χ1) is 13.0. The molecule has 27 heavy (non-hydrogen) atoms. The molecule has 144 valence electrons. The minimum atomic E-state index is -0.479. The summed E-state index contributed by atoms with van der Waals surface area (Å²) >= 11 is 0. The molecule has 1 aliphatic rings. The van der Waals surface area contributed by atoms with E-state index in [0.29, 0.717) is 42.9 Å². The van der Waals surface area contributed by atoms with Crippen molar-refractivity contribution in [2.45, 2.75) is 39.0 Å². The Balaban J connectivity index is 1.73. The first-order valence-corrected chi connectivity index (χ1v) is 9.26. The zero-order chi connectivity index (χ0) is 19.4. The number of hydrogen-bond acceptors (Lipinski definition) is 4. The van der Waals surface area contributed by atoms with Crippen molar-refractivity contribution in [3.8, 4) is 0 Å². The summed E-state index contributed by atoms with van der Waals surface area (Å²) in [4.78, 5) is 28.1.